The second kappa shape index (κ2) is 3.16. The summed E-state index contributed by atoms with van der Waals surface area (Å²) in [5.74, 6) is -0.658. The van der Waals surface area contributed by atoms with E-state index in [1.165, 1.54) is 11.4 Å². The molecule has 74 valence electrons. The number of anilines is 1. The van der Waals surface area contributed by atoms with Gasteiger partial charge in [0.15, 0.2) is 0 Å². The van der Waals surface area contributed by atoms with Crippen molar-refractivity contribution in [3.63, 3.8) is 0 Å². The van der Waals surface area contributed by atoms with E-state index in [2.05, 4.69) is 0 Å². The lowest BCUT2D eigenvalue weighted by atomic mass is 10.1. The van der Waals surface area contributed by atoms with Crippen LogP contribution in [0.15, 0.2) is 17.5 Å². The lowest BCUT2D eigenvalue weighted by Gasteiger charge is -2.03. The van der Waals surface area contributed by atoms with Crippen LogP contribution < -0.4 is 5.73 Å². The van der Waals surface area contributed by atoms with E-state index in [4.69, 9.17) is 5.73 Å². The molecule has 0 spiro atoms. The molecule has 0 radical (unpaired) electrons. The highest BCUT2D eigenvalue weighted by Crippen LogP contribution is 2.36. The fraction of sp³-hybridized carbons (Fsp3) is 0.111. The van der Waals surface area contributed by atoms with E-state index in [0.29, 0.717) is 4.70 Å². The topological polar surface area (TPSA) is 26.0 Å². The molecule has 1 aromatic carbocycles. The van der Waals surface area contributed by atoms with E-state index >= 15 is 0 Å². The molecule has 0 unspecified atom stereocenters. The number of thiophene rings is 1. The Balaban J connectivity index is 2.83. The van der Waals surface area contributed by atoms with Crippen molar-refractivity contribution in [1.29, 1.82) is 0 Å². The minimum absolute atomic E-state index is 0.270. The van der Waals surface area contributed by atoms with Crippen LogP contribution in [0.2, 0.25) is 0 Å². The van der Waals surface area contributed by atoms with Gasteiger partial charge in [-0.3, -0.25) is 0 Å². The third-order valence-electron chi connectivity index (χ3n) is 1.93. The van der Waals surface area contributed by atoms with Gasteiger partial charge < -0.3 is 5.73 Å². The van der Waals surface area contributed by atoms with Gasteiger partial charge in [0.2, 0.25) is 0 Å². The largest absolute Gasteiger partial charge is 0.398 e. The Hall–Kier alpha value is -1.23. The van der Waals surface area contributed by atoms with Gasteiger partial charge in [-0.1, -0.05) is 0 Å². The SMILES string of the molecule is Nc1csc2cc(F)cc(C(F)F)c12. The normalized spacial score (nSPS) is 11.4. The highest BCUT2D eigenvalue weighted by molar-refractivity contribution is 7.17. The first-order chi connectivity index (χ1) is 6.59. The number of alkyl halides is 2. The molecule has 0 aliphatic heterocycles. The van der Waals surface area contributed by atoms with Gasteiger partial charge in [-0.05, 0) is 12.1 Å². The molecule has 1 aromatic heterocycles. The molecule has 0 atom stereocenters. The van der Waals surface area contributed by atoms with Crippen molar-refractivity contribution in [2.75, 3.05) is 5.73 Å². The Morgan fingerprint density at radius 1 is 1.29 bits per heavy atom. The van der Waals surface area contributed by atoms with E-state index in [1.807, 2.05) is 0 Å². The van der Waals surface area contributed by atoms with Gasteiger partial charge in [0.1, 0.15) is 5.82 Å². The van der Waals surface area contributed by atoms with Crippen LogP contribution >= 0.6 is 11.3 Å². The summed E-state index contributed by atoms with van der Waals surface area (Å²) in [5, 5.41) is 1.81. The Bertz CT molecular complexity index is 478. The van der Waals surface area contributed by atoms with Gasteiger partial charge in [-0.25, -0.2) is 13.2 Å². The van der Waals surface area contributed by atoms with Crippen molar-refractivity contribution in [3.8, 4) is 0 Å². The molecule has 2 rings (SSSR count). The highest BCUT2D eigenvalue weighted by atomic mass is 32.1. The fourth-order valence-corrected chi connectivity index (χ4v) is 2.27. The summed E-state index contributed by atoms with van der Waals surface area (Å²) < 4.78 is 38.4. The molecule has 0 saturated carbocycles. The van der Waals surface area contributed by atoms with Crippen LogP contribution in [0.25, 0.3) is 10.1 Å². The Kier molecular flexibility index (Phi) is 2.11. The van der Waals surface area contributed by atoms with E-state index in [1.54, 1.807) is 0 Å². The Morgan fingerprint density at radius 2 is 2.00 bits per heavy atom. The lowest BCUT2D eigenvalue weighted by Crippen LogP contribution is -1.90. The van der Waals surface area contributed by atoms with Crippen molar-refractivity contribution >= 4 is 27.1 Å². The number of hydrogen-bond acceptors (Lipinski definition) is 2. The average Bonchev–Trinajstić information content (AvgIpc) is 2.46. The highest BCUT2D eigenvalue weighted by Gasteiger charge is 2.16. The zero-order valence-corrected chi connectivity index (χ0v) is 7.75. The predicted octanol–water partition coefficient (Wildman–Crippen LogP) is 3.56. The summed E-state index contributed by atoms with van der Waals surface area (Å²) in [6, 6.07) is 2.04. The van der Waals surface area contributed by atoms with Gasteiger partial charge in [0.05, 0.1) is 5.69 Å². The van der Waals surface area contributed by atoms with Crippen molar-refractivity contribution in [3.05, 3.63) is 28.9 Å². The van der Waals surface area contributed by atoms with E-state index in [0.717, 1.165) is 17.4 Å². The van der Waals surface area contributed by atoms with Crippen LogP contribution in [-0.4, -0.2) is 0 Å². The number of halogens is 3. The Labute approximate surface area is 82.0 Å². The third-order valence-corrected chi connectivity index (χ3v) is 2.88. The third kappa shape index (κ3) is 1.33. The zero-order chi connectivity index (χ0) is 10.3. The standard InChI is InChI=1S/C9H6F3NS/c10-4-1-5(9(11)12)8-6(13)3-14-7(8)2-4/h1-3,9H,13H2. The summed E-state index contributed by atoms with van der Waals surface area (Å²) in [6.45, 7) is 0. The van der Waals surface area contributed by atoms with Crippen molar-refractivity contribution in [2.45, 2.75) is 6.43 Å². The van der Waals surface area contributed by atoms with Crippen LogP contribution in [0.3, 0.4) is 0 Å². The first kappa shape index (κ1) is 9.33. The quantitative estimate of drug-likeness (QED) is 0.776. The van der Waals surface area contributed by atoms with Crippen molar-refractivity contribution < 1.29 is 13.2 Å². The fourth-order valence-electron chi connectivity index (χ4n) is 1.36. The maximum atomic E-state index is 12.9. The van der Waals surface area contributed by atoms with Crippen molar-refractivity contribution in [2.24, 2.45) is 0 Å². The van der Waals surface area contributed by atoms with Crippen molar-refractivity contribution in [1.82, 2.24) is 0 Å². The molecule has 0 aliphatic carbocycles. The van der Waals surface area contributed by atoms with Crippen LogP contribution in [0.5, 0.6) is 0 Å². The molecule has 0 aliphatic rings. The van der Waals surface area contributed by atoms with E-state index < -0.39 is 12.2 Å². The predicted molar refractivity (Wildman–Crippen MR) is 51.2 cm³/mol. The first-order valence-corrected chi connectivity index (χ1v) is 4.72. The van der Waals surface area contributed by atoms with Gasteiger partial charge >= 0.3 is 0 Å². The Morgan fingerprint density at radius 3 is 2.64 bits per heavy atom. The molecule has 1 nitrogen and oxygen atoms in total. The number of benzene rings is 1. The molecule has 1 heterocycles. The summed E-state index contributed by atoms with van der Waals surface area (Å²) in [5.41, 5.74) is 5.46. The maximum Gasteiger partial charge on any atom is 0.264 e. The monoisotopic (exact) mass is 217 g/mol. The minimum atomic E-state index is -2.70. The summed E-state index contributed by atoms with van der Waals surface area (Å²) in [7, 11) is 0. The van der Waals surface area contributed by atoms with Crippen LogP contribution in [-0.2, 0) is 0 Å². The molecule has 14 heavy (non-hydrogen) atoms. The van der Waals surface area contributed by atoms with Crippen LogP contribution in [0.1, 0.15) is 12.0 Å². The number of nitrogens with two attached hydrogens (primary N) is 1. The molecule has 0 bridgehead atoms. The number of hydrogen-bond donors (Lipinski definition) is 1. The maximum absolute atomic E-state index is 12.9. The van der Waals surface area contributed by atoms with E-state index in [-0.39, 0.29) is 16.6 Å². The zero-order valence-electron chi connectivity index (χ0n) is 6.93. The smallest absolute Gasteiger partial charge is 0.264 e. The average molecular weight is 217 g/mol. The number of rotatable bonds is 1. The summed E-state index contributed by atoms with van der Waals surface area (Å²) in [4.78, 5) is 0. The van der Waals surface area contributed by atoms with Crippen LogP contribution in [0, 0.1) is 5.82 Å². The molecular weight excluding hydrogens is 211 g/mol. The van der Waals surface area contributed by atoms with Gasteiger partial charge in [-0.15, -0.1) is 11.3 Å². The summed E-state index contributed by atoms with van der Waals surface area (Å²) >= 11 is 1.16. The van der Waals surface area contributed by atoms with Gasteiger partial charge in [-0.2, -0.15) is 0 Å². The van der Waals surface area contributed by atoms with Crippen LogP contribution in [0.4, 0.5) is 18.9 Å². The molecule has 2 aromatic rings. The molecule has 0 saturated heterocycles. The molecule has 5 heteroatoms. The summed E-state index contributed by atoms with van der Waals surface area (Å²) in [6.07, 6.45) is -2.70. The van der Waals surface area contributed by atoms with Gasteiger partial charge in [0.25, 0.3) is 6.43 Å². The second-order valence-corrected chi connectivity index (χ2v) is 3.77. The molecule has 0 fully saturated rings. The first-order valence-electron chi connectivity index (χ1n) is 3.84. The van der Waals surface area contributed by atoms with Gasteiger partial charge in [0, 0.05) is 21.0 Å². The minimum Gasteiger partial charge on any atom is -0.398 e. The number of nitrogen functional groups attached to an aromatic ring is 1. The molecule has 2 N–H and O–H groups in total. The molecule has 0 amide bonds. The number of fused-ring (bicyclic) bond motifs is 1. The van der Waals surface area contributed by atoms with E-state index in [9.17, 15) is 13.2 Å². The second-order valence-electron chi connectivity index (χ2n) is 2.86. The molecular formula is C9H6F3NS. The lowest BCUT2D eigenvalue weighted by molar-refractivity contribution is 0.153.